The third-order valence-electron chi connectivity index (χ3n) is 4.58. The summed E-state index contributed by atoms with van der Waals surface area (Å²) in [4.78, 5) is 18.6. The van der Waals surface area contributed by atoms with Gasteiger partial charge in [-0.15, -0.1) is 0 Å². The molecule has 126 valence electrons. The van der Waals surface area contributed by atoms with Gasteiger partial charge in [-0.2, -0.15) is 5.26 Å². The zero-order chi connectivity index (χ0) is 17.5. The molecule has 0 unspecified atom stereocenters. The van der Waals surface area contributed by atoms with E-state index in [1.54, 1.807) is 24.3 Å². The molecule has 2 heterocycles. The van der Waals surface area contributed by atoms with Gasteiger partial charge < -0.3 is 4.90 Å². The highest BCUT2D eigenvalue weighted by Gasteiger charge is 2.21. The second-order valence-electron chi connectivity index (χ2n) is 6.36. The number of carbonyl (C=O) groups is 1. The number of nitrogens with zero attached hydrogens (tertiary/aromatic N) is 3. The van der Waals surface area contributed by atoms with Crippen LogP contribution in [-0.2, 0) is 11.2 Å². The van der Waals surface area contributed by atoms with Gasteiger partial charge in [0.1, 0.15) is 0 Å². The van der Waals surface area contributed by atoms with Gasteiger partial charge in [0.2, 0.25) is 5.91 Å². The molecule has 0 atom stereocenters. The van der Waals surface area contributed by atoms with Crippen LogP contribution in [0.1, 0.15) is 29.7 Å². The van der Waals surface area contributed by atoms with E-state index in [1.807, 2.05) is 35.4 Å². The molecule has 1 aliphatic rings. The summed E-state index contributed by atoms with van der Waals surface area (Å²) in [6.07, 6.45) is 8.23. The molecule has 1 aromatic carbocycles. The number of carbonyl (C=O) groups excluding carboxylic acids is 1. The third-order valence-corrected chi connectivity index (χ3v) is 4.58. The lowest BCUT2D eigenvalue weighted by molar-refractivity contribution is -0.127. The molecule has 0 saturated carbocycles. The summed E-state index contributed by atoms with van der Waals surface area (Å²) in [7, 11) is 0. The minimum atomic E-state index is 0.0404. The first-order valence-electron chi connectivity index (χ1n) is 8.61. The van der Waals surface area contributed by atoms with Gasteiger partial charge >= 0.3 is 0 Å². The normalized spacial score (nSPS) is 15.2. The number of rotatable bonds is 4. The number of benzene rings is 1. The van der Waals surface area contributed by atoms with Crippen molar-refractivity contribution in [3.63, 3.8) is 0 Å². The molecule has 4 nitrogen and oxygen atoms in total. The van der Waals surface area contributed by atoms with E-state index in [0.717, 1.165) is 43.6 Å². The van der Waals surface area contributed by atoms with E-state index in [1.165, 1.54) is 0 Å². The summed E-state index contributed by atoms with van der Waals surface area (Å²) in [6.45, 7) is 1.58. The van der Waals surface area contributed by atoms with E-state index in [4.69, 9.17) is 5.26 Å². The molecule has 0 radical (unpaired) electrons. The van der Waals surface area contributed by atoms with E-state index >= 15 is 0 Å². The summed E-state index contributed by atoms with van der Waals surface area (Å²) in [5, 5.41) is 8.92. The Balaban J connectivity index is 1.51. The second-order valence-corrected chi connectivity index (χ2v) is 6.36. The van der Waals surface area contributed by atoms with Gasteiger partial charge in [-0.25, -0.2) is 0 Å². The summed E-state index contributed by atoms with van der Waals surface area (Å²) in [6, 6.07) is 15.4. The average Bonchev–Trinajstić information content (AvgIpc) is 2.67. The number of aromatic nitrogens is 1. The van der Waals surface area contributed by atoms with Crippen molar-refractivity contribution in [3.8, 4) is 6.07 Å². The molecular formula is C21H21N3O. The third kappa shape index (κ3) is 4.77. The van der Waals surface area contributed by atoms with Gasteiger partial charge in [0, 0.05) is 31.1 Å². The Bertz CT molecular complexity index is 784. The highest BCUT2D eigenvalue weighted by Crippen LogP contribution is 2.21. The lowest BCUT2D eigenvalue weighted by atomic mass is 9.92. The molecular weight excluding hydrogens is 310 g/mol. The first-order chi connectivity index (χ1) is 12.2. The van der Waals surface area contributed by atoms with Crippen LogP contribution in [0, 0.1) is 17.2 Å². The fourth-order valence-electron chi connectivity index (χ4n) is 3.16. The smallest absolute Gasteiger partial charge is 0.246 e. The van der Waals surface area contributed by atoms with Crippen molar-refractivity contribution >= 4 is 12.0 Å². The quantitative estimate of drug-likeness (QED) is 0.806. The number of likely N-dealkylation sites (tertiary alicyclic amines) is 1. The Kier molecular flexibility index (Phi) is 5.58. The standard InChI is InChI=1S/C21H21N3O/c22-16-19-5-3-4-17(14-19)7-8-21(25)24-12-9-18(10-13-24)15-20-6-1-2-11-23-20/h1-8,11,14,18H,9-10,12-13,15H2/b8-7+. The van der Waals surface area contributed by atoms with E-state index < -0.39 is 0 Å². The number of pyridine rings is 1. The summed E-state index contributed by atoms with van der Waals surface area (Å²) >= 11 is 0. The van der Waals surface area contributed by atoms with Gasteiger partial charge in [0.15, 0.2) is 0 Å². The largest absolute Gasteiger partial charge is 0.339 e. The molecule has 4 heteroatoms. The summed E-state index contributed by atoms with van der Waals surface area (Å²) in [5.74, 6) is 0.633. The Morgan fingerprint density at radius 1 is 1.24 bits per heavy atom. The highest BCUT2D eigenvalue weighted by atomic mass is 16.2. The zero-order valence-corrected chi connectivity index (χ0v) is 14.1. The van der Waals surface area contributed by atoms with Gasteiger partial charge in [-0.3, -0.25) is 9.78 Å². The topological polar surface area (TPSA) is 57.0 Å². The Labute approximate surface area is 148 Å². The molecule has 0 N–H and O–H groups in total. The maximum Gasteiger partial charge on any atom is 0.246 e. The molecule has 1 amide bonds. The van der Waals surface area contributed by atoms with Gasteiger partial charge in [-0.05, 0) is 61.1 Å². The van der Waals surface area contributed by atoms with Crippen molar-refractivity contribution in [1.82, 2.24) is 9.88 Å². The monoisotopic (exact) mass is 331 g/mol. The first-order valence-corrected chi connectivity index (χ1v) is 8.61. The molecule has 0 bridgehead atoms. The minimum absolute atomic E-state index is 0.0404. The van der Waals surface area contributed by atoms with Crippen molar-refractivity contribution in [1.29, 1.82) is 5.26 Å². The van der Waals surface area contributed by atoms with Crippen molar-refractivity contribution in [2.24, 2.45) is 5.92 Å². The molecule has 1 saturated heterocycles. The van der Waals surface area contributed by atoms with Crippen LogP contribution in [0.2, 0.25) is 0 Å². The number of nitriles is 1. The van der Waals surface area contributed by atoms with E-state index in [0.29, 0.717) is 11.5 Å². The minimum Gasteiger partial charge on any atom is -0.339 e. The Hall–Kier alpha value is -2.93. The summed E-state index contributed by atoms with van der Waals surface area (Å²) < 4.78 is 0. The molecule has 1 fully saturated rings. The van der Waals surface area contributed by atoms with Crippen molar-refractivity contribution < 1.29 is 4.79 Å². The van der Waals surface area contributed by atoms with Crippen LogP contribution in [-0.4, -0.2) is 28.9 Å². The highest BCUT2D eigenvalue weighted by molar-refractivity contribution is 5.91. The second kappa shape index (κ2) is 8.25. The number of hydrogen-bond donors (Lipinski definition) is 0. The fourth-order valence-corrected chi connectivity index (χ4v) is 3.16. The summed E-state index contributed by atoms with van der Waals surface area (Å²) in [5.41, 5.74) is 2.60. The van der Waals surface area contributed by atoms with Crippen LogP contribution in [0.4, 0.5) is 0 Å². The lowest BCUT2D eigenvalue weighted by Crippen LogP contribution is -2.38. The van der Waals surface area contributed by atoms with Gasteiger partial charge in [-0.1, -0.05) is 18.2 Å². The van der Waals surface area contributed by atoms with E-state index in [9.17, 15) is 4.79 Å². The SMILES string of the molecule is N#Cc1cccc(/C=C/C(=O)N2CCC(Cc3ccccn3)CC2)c1. The predicted octanol–water partition coefficient (Wildman–Crippen LogP) is 3.45. The molecule has 0 aliphatic carbocycles. The van der Waals surface area contributed by atoms with Crippen molar-refractivity contribution in [2.75, 3.05) is 13.1 Å². The van der Waals surface area contributed by atoms with Gasteiger partial charge in [0.05, 0.1) is 11.6 Å². The fraction of sp³-hybridized carbons (Fsp3) is 0.286. The Morgan fingerprint density at radius 2 is 2.08 bits per heavy atom. The number of piperidine rings is 1. The molecule has 2 aromatic rings. The molecule has 1 aromatic heterocycles. The van der Waals surface area contributed by atoms with Crippen LogP contribution < -0.4 is 0 Å². The van der Waals surface area contributed by atoms with Crippen LogP contribution >= 0.6 is 0 Å². The number of hydrogen-bond acceptors (Lipinski definition) is 3. The van der Waals surface area contributed by atoms with Crippen LogP contribution in [0.15, 0.2) is 54.7 Å². The van der Waals surface area contributed by atoms with E-state index in [2.05, 4.69) is 17.1 Å². The van der Waals surface area contributed by atoms with Crippen molar-refractivity contribution in [3.05, 3.63) is 71.6 Å². The molecule has 0 spiro atoms. The predicted molar refractivity (Wildman–Crippen MR) is 97.4 cm³/mol. The number of amides is 1. The van der Waals surface area contributed by atoms with Crippen LogP contribution in [0.25, 0.3) is 6.08 Å². The lowest BCUT2D eigenvalue weighted by Gasteiger charge is -2.31. The molecule has 1 aliphatic heterocycles. The Morgan fingerprint density at radius 3 is 2.80 bits per heavy atom. The zero-order valence-electron chi connectivity index (χ0n) is 14.1. The maximum absolute atomic E-state index is 12.4. The average molecular weight is 331 g/mol. The van der Waals surface area contributed by atoms with Gasteiger partial charge in [0.25, 0.3) is 0 Å². The maximum atomic E-state index is 12.4. The van der Waals surface area contributed by atoms with E-state index in [-0.39, 0.29) is 5.91 Å². The van der Waals surface area contributed by atoms with Crippen LogP contribution in [0.3, 0.4) is 0 Å². The van der Waals surface area contributed by atoms with Crippen LogP contribution in [0.5, 0.6) is 0 Å². The van der Waals surface area contributed by atoms with Crippen molar-refractivity contribution in [2.45, 2.75) is 19.3 Å². The molecule has 25 heavy (non-hydrogen) atoms. The molecule has 3 rings (SSSR count). The first kappa shape index (κ1) is 16.9.